The highest BCUT2D eigenvalue weighted by Gasteiger charge is 2.10. The van der Waals surface area contributed by atoms with Crippen LogP contribution in [0.25, 0.3) is 0 Å². The monoisotopic (exact) mass is 448 g/mol. The molecule has 0 aliphatic rings. The van der Waals surface area contributed by atoms with Crippen LogP contribution in [0.5, 0.6) is 23.0 Å². The van der Waals surface area contributed by atoms with Crippen LogP contribution in [-0.4, -0.2) is 0 Å². The smallest absolute Gasteiger partial charge is 0.143 e. The van der Waals surface area contributed by atoms with E-state index in [0.717, 1.165) is 9.79 Å². The number of hydrogen-bond donors (Lipinski definition) is 2. The minimum absolute atomic E-state index is 0.689. The predicted molar refractivity (Wildman–Crippen MR) is 128 cm³/mol. The summed E-state index contributed by atoms with van der Waals surface area (Å²) < 4.78 is 17.8. The van der Waals surface area contributed by atoms with E-state index < -0.39 is 0 Å². The van der Waals surface area contributed by atoms with Crippen LogP contribution in [0.2, 0.25) is 0 Å². The maximum atomic E-state index is 5.98. The van der Waals surface area contributed by atoms with Crippen LogP contribution in [0.3, 0.4) is 0 Å². The molecule has 0 aliphatic heterocycles. The van der Waals surface area contributed by atoms with Gasteiger partial charge in [-0.25, -0.2) is 3.63 Å². The van der Waals surface area contributed by atoms with E-state index in [9.17, 15) is 0 Å². The molecule has 5 nitrogen and oxygen atoms in total. The third kappa shape index (κ3) is 5.88. The van der Waals surface area contributed by atoms with Crippen molar-refractivity contribution in [1.29, 1.82) is 0 Å². The molecule has 0 spiro atoms. The van der Waals surface area contributed by atoms with Crippen LogP contribution >= 0.6 is 24.1 Å². The van der Waals surface area contributed by atoms with E-state index in [1.54, 1.807) is 24.3 Å². The number of nitrogens with two attached hydrogens (primary N) is 2. The number of benzene rings is 4. The molecule has 0 atom stereocenters. The summed E-state index contributed by atoms with van der Waals surface area (Å²) in [6, 6.07) is 29.9. The van der Waals surface area contributed by atoms with Crippen molar-refractivity contribution < 1.29 is 13.1 Å². The van der Waals surface area contributed by atoms with Crippen LogP contribution < -0.4 is 20.9 Å². The maximum absolute atomic E-state index is 5.98. The lowest BCUT2D eigenvalue weighted by Crippen LogP contribution is -1.89. The SMILES string of the molecule is Nc1ccc(Oc2ccccc2SOSc2ccccc2Oc2ccc(N)cc2)cc1. The Morgan fingerprint density at radius 2 is 0.871 bits per heavy atom. The molecular weight excluding hydrogens is 428 g/mol. The summed E-state index contributed by atoms with van der Waals surface area (Å²) in [6.07, 6.45) is 0. The molecule has 0 unspecified atom stereocenters. The van der Waals surface area contributed by atoms with Crippen LogP contribution in [0, 0.1) is 0 Å². The van der Waals surface area contributed by atoms with Gasteiger partial charge in [-0.3, -0.25) is 0 Å². The molecule has 4 aromatic carbocycles. The van der Waals surface area contributed by atoms with E-state index in [4.69, 9.17) is 24.6 Å². The minimum Gasteiger partial charge on any atom is -0.456 e. The molecule has 0 radical (unpaired) electrons. The second-order valence-electron chi connectivity index (χ2n) is 6.47. The summed E-state index contributed by atoms with van der Waals surface area (Å²) in [4.78, 5) is 1.70. The van der Waals surface area contributed by atoms with Crippen LogP contribution in [0.1, 0.15) is 0 Å². The Morgan fingerprint density at radius 1 is 0.484 bits per heavy atom. The largest absolute Gasteiger partial charge is 0.456 e. The molecule has 0 aliphatic carbocycles. The number of anilines is 2. The first kappa shape index (κ1) is 21.0. The van der Waals surface area contributed by atoms with Crippen LogP contribution in [0.15, 0.2) is 107 Å². The average molecular weight is 449 g/mol. The molecule has 7 heteroatoms. The van der Waals surface area contributed by atoms with Gasteiger partial charge >= 0.3 is 0 Å². The molecule has 0 heterocycles. The Labute approximate surface area is 189 Å². The third-order valence-corrected chi connectivity index (χ3v) is 5.74. The zero-order valence-corrected chi connectivity index (χ0v) is 18.1. The van der Waals surface area contributed by atoms with Crippen molar-refractivity contribution in [2.24, 2.45) is 0 Å². The highest BCUT2D eigenvalue weighted by atomic mass is 32.2. The minimum atomic E-state index is 0.689. The first-order valence-electron chi connectivity index (χ1n) is 9.43. The fraction of sp³-hybridized carbons (Fsp3) is 0. The van der Waals surface area contributed by atoms with E-state index in [1.807, 2.05) is 72.8 Å². The van der Waals surface area contributed by atoms with Gasteiger partial charge < -0.3 is 20.9 Å². The summed E-state index contributed by atoms with van der Waals surface area (Å²) in [7, 11) is 0. The molecule has 0 aromatic heterocycles. The normalized spacial score (nSPS) is 10.6. The summed E-state index contributed by atoms with van der Waals surface area (Å²) in [5.41, 5.74) is 12.9. The van der Waals surface area contributed by atoms with Crippen molar-refractivity contribution in [3.8, 4) is 23.0 Å². The van der Waals surface area contributed by atoms with Crippen molar-refractivity contribution in [3.63, 3.8) is 0 Å². The van der Waals surface area contributed by atoms with E-state index in [-0.39, 0.29) is 0 Å². The number of nitrogen functional groups attached to an aromatic ring is 2. The fourth-order valence-electron chi connectivity index (χ4n) is 2.62. The van der Waals surface area contributed by atoms with Gasteiger partial charge in [0.1, 0.15) is 23.0 Å². The molecule has 0 amide bonds. The summed E-state index contributed by atoms with van der Waals surface area (Å²) in [5.74, 6) is 2.81. The molecule has 31 heavy (non-hydrogen) atoms. The second kappa shape index (κ2) is 10.2. The zero-order chi connectivity index (χ0) is 21.5. The highest BCUT2D eigenvalue weighted by Crippen LogP contribution is 2.40. The van der Waals surface area contributed by atoms with Gasteiger partial charge in [0.25, 0.3) is 0 Å². The number of hydrogen-bond acceptors (Lipinski definition) is 7. The first-order chi connectivity index (χ1) is 15.2. The topological polar surface area (TPSA) is 79.7 Å². The summed E-state index contributed by atoms with van der Waals surface area (Å²) in [6.45, 7) is 0. The summed E-state index contributed by atoms with van der Waals surface area (Å²) in [5, 5.41) is 0. The van der Waals surface area contributed by atoms with Crippen molar-refractivity contribution in [3.05, 3.63) is 97.1 Å². The second-order valence-corrected chi connectivity index (χ2v) is 8.23. The molecule has 4 aromatic rings. The lowest BCUT2D eigenvalue weighted by molar-refractivity contribution is 0.469. The van der Waals surface area contributed by atoms with Crippen LogP contribution in [0.4, 0.5) is 11.4 Å². The number of rotatable bonds is 8. The lowest BCUT2D eigenvalue weighted by atomic mass is 10.3. The number of para-hydroxylation sites is 2. The lowest BCUT2D eigenvalue weighted by Gasteiger charge is -2.12. The average Bonchev–Trinajstić information content (AvgIpc) is 2.79. The Bertz CT molecular complexity index is 1050. The molecule has 0 saturated carbocycles. The Kier molecular flexibility index (Phi) is 6.89. The van der Waals surface area contributed by atoms with Gasteiger partial charge in [0, 0.05) is 35.5 Å². The Hall–Kier alpha value is -3.26. The fourth-order valence-corrected chi connectivity index (χ4v) is 4.00. The molecular formula is C24H20N2O3S2. The molecule has 156 valence electrons. The first-order valence-corrected chi connectivity index (χ1v) is 10.9. The molecule has 0 bridgehead atoms. The molecule has 0 fully saturated rings. The third-order valence-electron chi connectivity index (χ3n) is 4.16. The highest BCUT2D eigenvalue weighted by molar-refractivity contribution is 8.08. The Balaban J connectivity index is 1.41. The van der Waals surface area contributed by atoms with Gasteiger partial charge in [0.15, 0.2) is 0 Å². The van der Waals surface area contributed by atoms with Gasteiger partial charge in [-0.15, -0.1) is 0 Å². The van der Waals surface area contributed by atoms with Gasteiger partial charge in [0.2, 0.25) is 0 Å². The molecule has 0 saturated heterocycles. The van der Waals surface area contributed by atoms with Crippen molar-refractivity contribution in [1.82, 2.24) is 0 Å². The Morgan fingerprint density at radius 3 is 1.29 bits per heavy atom. The zero-order valence-electron chi connectivity index (χ0n) is 16.4. The van der Waals surface area contributed by atoms with E-state index in [0.29, 0.717) is 34.4 Å². The van der Waals surface area contributed by atoms with E-state index in [1.165, 1.54) is 24.1 Å². The van der Waals surface area contributed by atoms with Gasteiger partial charge in [-0.2, -0.15) is 0 Å². The van der Waals surface area contributed by atoms with E-state index >= 15 is 0 Å². The van der Waals surface area contributed by atoms with Crippen molar-refractivity contribution in [2.75, 3.05) is 11.5 Å². The maximum Gasteiger partial charge on any atom is 0.143 e. The van der Waals surface area contributed by atoms with E-state index in [2.05, 4.69) is 0 Å². The van der Waals surface area contributed by atoms with Crippen molar-refractivity contribution in [2.45, 2.75) is 9.79 Å². The standard InChI is InChI=1S/C24H20N2O3S2/c25-17-9-13-19(14-10-17)27-21-5-1-3-7-23(21)30-29-31-24-8-4-2-6-22(24)28-20-15-11-18(26)12-16-20/h1-16H,25-26H2. The van der Waals surface area contributed by atoms with Gasteiger partial charge in [0.05, 0.1) is 9.79 Å². The predicted octanol–water partition coefficient (Wildman–Crippen LogP) is 7.17. The summed E-state index contributed by atoms with van der Waals surface area (Å²) >= 11 is 2.44. The van der Waals surface area contributed by atoms with Crippen molar-refractivity contribution >= 4 is 35.5 Å². The van der Waals surface area contributed by atoms with Gasteiger partial charge in [-0.1, -0.05) is 24.3 Å². The number of ether oxygens (including phenoxy) is 2. The van der Waals surface area contributed by atoms with Crippen LogP contribution in [-0.2, 0) is 3.63 Å². The quantitative estimate of drug-likeness (QED) is 0.218. The molecule has 4 rings (SSSR count). The van der Waals surface area contributed by atoms with Gasteiger partial charge in [-0.05, 0) is 72.8 Å². The molecule has 4 N–H and O–H groups in total.